The van der Waals surface area contributed by atoms with Gasteiger partial charge >= 0.3 is 0 Å². The lowest BCUT2D eigenvalue weighted by Crippen LogP contribution is -2.33. The molecule has 1 heterocycles. The molecule has 1 saturated heterocycles. The molecule has 2 rings (SSSR count). The highest BCUT2D eigenvalue weighted by Gasteiger charge is 2.27. The Hall–Kier alpha value is -0.780. The van der Waals surface area contributed by atoms with Gasteiger partial charge in [0.1, 0.15) is 4.99 Å². The molecule has 0 radical (unpaired) electrons. The van der Waals surface area contributed by atoms with Crippen molar-refractivity contribution in [3.8, 4) is 0 Å². The predicted octanol–water partition coefficient (Wildman–Crippen LogP) is 2.00. The van der Waals surface area contributed by atoms with E-state index in [-0.39, 0.29) is 12.6 Å². The SMILES string of the molecule is CSc1cccc(N2CCCC2CO)c1C(N)=S. The quantitative estimate of drug-likeness (QED) is 0.653. The average Bonchev–Trinajstić information content (AvgIpc) is 2.85. The molecular formula is C13H18N2OS2. The van der Waals surface area contributed by atoms with Gasteiger partial charge in [0.15, 0.2) is 0 Å². The van der Waals surface area contributed by atoms with Crippen molar-refractivity contribution in [3.63, 3.8) is 0 Å². The number of benzene rings is 1. The van der Waals surface area contributed by atoms with E-state index in [0.29, 0.717) is 4.99 Å². The zero-order valence-corrected chi connectivity index (χ0v) is 12.1. The molecule has 1 aromatic carbocycles. The molecule has 0 bridgehead atoms. The van der Waals surface area contributed by atoms with E-state index in [0.717, 1.165) is 35.5 Å². The van der Waals surface area contributed by atoms with Crippen LogP contribution in [0.1, 0.15) is 18.4 Å². The third-order valence-electron chi connectivity index (χ3n) is 3.37. The topological polar surface area (TPSA) is 49.5 Å². The molecule has 1 unspecified atom stereocenters. The fourth-order valence-electron chi connectivity index (χ4n) is 2.52. The zero-order valence-electron chi connectivity index (χ0n) is 10.4. The van der Waals surface area contributed by atoms with E-state index >= 15 is 0 Å². The van der Waals surface area contributed by atoms with E-state index < -0.39 is 0 Å². The average molecular weight is 282 g/mol. The minimum absolute atomic E-state index is 0.181. The number of anilines is 1. The van der Waals surface area contributed by atoms with Crippen LogP contribution in [0.5, 0.6) is 0 Å². The minimum Gasteiger partial charge on any atom is -0.394 e. The lowest BCUT2D eigenvalue weighted by atomic mass is 10.1. The summed E-state index contributed by atoms with van der Waals surface area (Å²) in [6.45, 7) is 1.14. The van der Waals surface area contributed by atoms with Crippen molar-refractivity contribution in [1.82, 2.24) is 0 Å². The number of hydrogen-bond acceptors (Lipinski definition) is 4. The van der Waals surface area contributed by atoms with Crippen LogP contribution in [-0.4, -0.2) is 35.5 Å². The Labute approximate surface area is 117 Å². The van der Waals surface area contributed by atoms with E-state index in [1.54, 1.807) is 11.8 Å². The second-order valence-corrected chi connectivity index (χ2v) is 5.68. The molecule has 1 aliphatic rings. The van der Waals surface area contributed by atoms with Gasteiger partial charge in [-0.15, -0.1) is 11.8 Å². The molecule has 18 heavy (non-hydrogen) atoms. The molecular weight excluding hydrogens is 264 g/mol. The van der Waals surface area contributed by atoms with Crippen LogP contribution in [0.15, 0.2) is 23.1 Å². The number of thioether (sulfide) groups is 1. The maximum Gasteiger partial charge on any atom is 0.107 e. The van der Waals surface area contributed by atoms with Gasteiger partial charge in [-0.3, -0.25) is 0 Å². The van der Waals surface area contributed by atoms with Crippen LogP contribution in [0, 0.1) is 0 Å². The fraction of sp³-hybridized carbons (Fsp3) is 0.462. The van der Waals surface area contributed by atoms with Gasteiger partial charge in [-0.05, 0) is 31.2 Å². The normalized spacial score (nSPS) is 19.2. The summed E-state index contributed by atoms with van der Waals surface area (Å²) >= 11 is 6.84. The summed E-state index contributed by atoms with van der Waals surface area (Å²) in [6, 6.07) is 6.29. The molecule has 1 atom stereocenters. The van der Waals surface area contributed by atoms with Crippen molar-refractivity contribution in [3.05, 3.63) is 23.8 Å². The molecule has 1 fully saturated rings. The van der Waals surface area contributed by atoms with Crippen molar-refractivity contribution in [2.24, 2.45) is 5.73 Å². The van der Waals surface area contributed by atoms with Gasteiger partial charge in [0.05, 0.1) is 12.6 Å². The second kappa shape index (κ2) is 5.91. The lowest BCUT2D eigenvalue weighted by Gasteiger charge is -2.28. The Morgan fingerprint density at radius 1 is 1.61 bits per heavy atom. The van der Waals surface area contributed by atoms with Gasteiger partial charge in [-0.1, -0.05) is 18.3 Å². The summed E-state index contributed by atoms with van der Waals surface area (Å²) in [5, 5.41) is 9.44. The van der Waals surface area contributed by atoms with E-state index in [1.807, 2.05) is 24.5 Å². The van der Waals surface area contributed by atoms with Crippen molar-refractivity contribution in [1.29, 1.82) is 0 Å². The van der Waals surface area contributed by atoms with Gasteiger partial charge in [0.25, 0.3) is 0 Å². The highest BCUT2D eigenvalue weighted by molar-refractivity contribution is 7.98. The Balaban J connectivity index is 2.46. The second-order valence-electron chi connectivity index (χ2n) is 4.39. The van der Waals surface area contributed by atoms with Gasteiger partial charge < -0.3 is 15.7 Å². The summed E-state index contributed by atoms with van der Waals surface area (Å²) in [4.78, 5) is 3.76. The number of rotatable bonds is 4. The number of aliphatic hydroxyl groups is 1. The number of thiocarbonyl (C=S) groups is 1. The first-order valence-corrected chi connectivity index (χ1v) is 7.66. The molecule has 0 aliphatic carbocycles. The van der Waals surface area contributed by atoms with Crippen LogP contribution >= 0.6 is 24.0 Å². The van der Waals surface area contributed by atoms with E-state index in [1.165, 1.54) is 0 Å². The predicted molar refractivity (Wildman–Crippen MR) is 81.6 cm³/mol. The molecule has 1 aliphatic heterocycles. The zero-order chi connectivity index (χ0) is 13.1. The molecule has 3 nitrogen and oxygen atoms in total. The van der Waals surface area contributed by atoms with Crippen LogP contribution in [0.4, 0.5) is 5.69 Å². The van der Waals surface area contributed by atoms with Crippen molar-refractivity contribution < 1.29 is 5.11 Å². The molecule has 0 aromatic heterocycles. The van der Waals surface area contributed by atoms with Crippen LogP contribution in [0.2, 0.25) is 0 Å². The van der Waals surface area contributed by atoms with E-state index in [9.17, 15) is 5.11 Å². The monoisotopic (exact) mass is 282 g/mol. The van der Waals surface area contributed by atoms with Crippen LogP contribution < -0.4 is 10.6 Å². The van der Waals surface area contributed by atoms with Gasteiger partial charge in [-0.2, -0.15) is 0 Å². The number of aliphatic hydroxyl groups excluding tert-OH is 1. The van der Waals surface area contributed by atoms with Crippen LogP contribution in [0.25, 0.3) is 0 Å². The van der Waals surface area contributed by atoms with E-state index in [4.69, 9.17) is 18.0 Å². The van der Waals surface area contributed by atoms with Gasteiger partial charge in [-0.25, -0.2) is 0 Å². The minimum atomic E-state index is 0.181. The smallest absolute Gasteiger partial charge is 0.107 e. The Morgan fingerprint density at radius 3 is 3.00 bits per heavy atom. The first-order chi connectivity index (χ1) is 8.69. The molecule has 0 spiro atoms. The third kappa shape index (κ3) is 2.48. The van der Waals surface area contributed by atoms with Crippen LogP contribution in [-0.2, 0) is 0 Å². The molecule has 0 saturated carbocycles. The Bertz CT molecular complexity index is 451. The highest BCUT2D eigenvalue weighted by Crippen LogP contribution is 2.33. The van der Waals surface area contributed by atoms with Gasteiger partial charge in [0.2, 0.25) is 0 Å². The maximum absolute atomic E-state index is 9.44. The summed E-state index contributed by atoms with van der Waals surface area (Å²) in [5.41, 5.74) is 7.88. The van der Waals surface area contributed by atoms with Crippen molar-refractivity contribution >= 4 is 34.7 Å². The number of nitrogens with zero attached hydrogens (tertiary/aromatic N) is 1. The molecule has 5 heteroatoms. The van der Waals surface area contributed by atoms with Crippen molar-refractivity contribution in [2.75, 3.05) is 24.3 Å². The summed E-state index contributed by atoms with van der Waals surface area (Å²) in [6.07, 6.45) is 4.15. The highest BCUT2D eigenvalue weighted by atomic mass is 32.2. The van der Waals surface area contributed by atoms with Gasteiger partial charge in [0, 0.05) is 22.7 Å². The fourth-order valence-corrected chi connectivity index (χ4v) is 3.43. The summed E-state index contributed by atoms with van der Waals surface area (Å²) < 4.78 is 0. The molecule has 1 aromatic rings. The Morgan fingerprint density at radius 2 is 2.39 bits per heavy atom. The van der Waals surface area contributed by atoms with Crippen LogP contribution in [0.3, 0.4) is 0 Å². The molecule has 3 N–H and O–H groups in total. The third-order valence-corrected chi connectivity index (χ3v) is 4.35. The Kier molecular flexibility index (Phi) is 4.48. The largest absolute Gasteiger partial charge is 0.394 e. The van der Waals surface area contributed by atoms with Crippen molar-refractivity contribution in [2.45, 2.75) is 23.8 Å². The lowest BCUT2D eigenvalue weighted by molar-refractivity contribution is 0.266. The first kappa shape index (κ1) is 13.6. The molecule has 0 amide bonds. The standard InChI is InChI=1S/C13H18N2OS2/c1-18-11-6-2-5-10(12(11)13(14)17)15-7-3-4-9(15)8-16/h2,5-6,9,16H,3-4,7-8H2,1H3,(H2,14,17). The first-order valence-electron chi connectivity index (χ1n) is 6.03. The molecule has 98 valence electrons. The number of nitrogens with two attached hydrogens (primary N) is 1. The van der Waals surface area contributed by atoms with E-state index in [2.05, 4.69) is 4.90 Å². The summed E-state index contributed by atoms with van der Waals surface area (Å²) in [5.74, 6) is 0. The maximum atomic E-state index is 9.44. The summed E-state index contributed by atoms with van der Waals surface area (Å²) in [7, 11) is 0. The number of hydrogen-bond donors (Lipinski definition) is 2.